The van der Waals surface area contributed by atoms with Gasteiger partial charge in [0.2, 0.25) is 0 Å². The highest BCUT2D eigenvalue weighted by Crippen LogP contribution is 2.27. The van der Waals surface area contributed by atoms with Gasteiger partial charge in [0.15, 0.2) is 5.56 Å². The average molecular weight is 235 g/mol. The van der Waals surface area contributed by atoms with Crippen LogP contribution in [0.5, 0.6) is 5.75 Å². The molecular formula is C11H13N3O3. The molecule has 1 aromatic carbocycles. The molecule has 6 nitrogen and oxygen atoms in total. The summed E-state index contributed by atoms with van der Waals surface area (Å²) in [5, 5.41) is 19.6. The molecule has 0 bridgehead atoms. The minimum atomic E-state index is -0.592. The number of hydrogen-bond donors (Lipinski definition) is 1. The van der Waals surface area contributed by atoms with Crippen LogP contribution in [0, 0.1) is 21.4 Å². The van der Waals surface area contributed by atoms with Crippen LogP contribution in [-0.2, 0) is 0 Å². The highest BCUT2D eigenvalue weighted by Gasteiger charge is 2.17. The lowest BCUT2D eigenvalue weighted by Gasteiger charge is -2.07. The normalized spacial score (nSPS) is 9.65. The third-order valence-electron chi connectivity index (χ3n) is 2.17. The second kappa shape index (κ2) is 6.45. The number of unbranched alkanes of at least 4 members (excludes halogenated alkanes) is 1. The molecule has 2 N–H and O–H groups in total. The maximum Gasteiger partial charge on any atom is 0.290 e. The number of nitrogens with two attached hydrogens (primary N) is 1. The van der Waals surface area contributed by atoms with Crippen molar-refractivity contribution in [1.82, 2.24) is 0 Å². The van der Waals surface area contributed by atoms with E-state index in [0.717, 1.165) is 12.8 Å². The molecule has 0 saturated carbocycles. The topological polar surface area (TPSA) is 102 Å². The van der Waals surface area contributed by atoms with E-state index in [0.29, 0.717) is 13.2 Å². The molecule has 0 atom stereocenters. The van der Waals surface area contributed by atoms with Gasteiger partial charge in [-0.3, -0.25) is 10.1 Å². The summed E-state index contributed by atoms with van der Waals surface area (Å²) >= 11 is 0. The van der Waals surface area contributed by atoms with Crippen LogP contribution in [-0.4, -0.2) is 18.1 Å². The fraction of sp³-hybridized carbons (Fsp3) is 0.364. The number of nitrogens with zero attached hydrogens (tertiary/aromatic N) is 2. The molecule has 0 radical (unpaired) electrons. The first kappa shape index (κ1) is 12.9. The van der Waals surface area contributed by atoms with E-state index in [9.17, 15) is 10.1 Å². The Morgan fingerprint density at radius 2 is 2.24 bits per heavy atom. The Bertz CT molecular complexity index is 440. The summed E-state index contributed by atoms with van der Waals surface area (Å²) in [5.41, 5.74) is 5.06. The van der Waals surface area contributed by atoms with Crippen molar-refractivity contribution in [2.45, 2.75) is 12.8 Å². The van der Waals surface area contributed by atoms with Gasteiger partial charge in [0.1, 0.15) is 11.8 Å². The van der Waals surface area contributed by atoms with Crippen molar-refractivity contribution >= 4 is 5.69 Å². The number of rotatable bonds is 6. The summed E-state index contributed by atoms with van der Waals surface area (Å²) in [6.45, 7) is 0.969. The molecule has 0 fully saturated rings. The monoisotopic (exact) mass is 235 g/mol. The summed E-state index contributed by atoms with van der Waals surface area (Å²) < 4.78 is 5.34. The smallest absolute Gasteiger partial charge is 0.290 e. The molecule has 90 valence electrons. The van der Waals surface area contributed by atoms with Crippen molar-refractivity contribution < 1.29 is 9.66 Å². The van der Waals surface area contributed by atoms with E-state index in [-0.39, 0.29) is 17.0 Å². The molecule has 17 heavy (non-hydrogen) atoms. The third kappa shape index (κ3) is 3.43. The molecule has 0 aromatic heterocycles. The minimum Gasteiger partial charge on any atom is -0.492 e. The summed E-state index contributed by atoms with van der Waals surface area (Å²) in [6.07, 6.45) is 1.57. The molecule has 0 heterocycles. The van der Waals surface area contributed by atoms with Gasteiger partial charge in [-0.05, 0) is 25.5 Å². The summed E-state index contributed by atoms with van der Waals surface area (Å²) in [7, 11) is 0. The molecule has 6 heteroatoms. The molecule has 0 aliphatic carbocycles. The zero-order valence-corrected chi connectivity index (χ0v) is 9.26. The second-order valence-corrected chi connectivity index (χ2v) is 3.36. The van der Waals surface area contributed by atoms with Gasteiger partial charge < -0.3 is 10.5 Å². The van der Waals surface area contributed by atoms with E-state index < -0.39 is 4.92 Å². The Morgan fingerprint density at radius 3 is 2.82 bits per heavy atom. The quantitative estimate of drug-likeness (QED) is 0.458. The summed E-state index contributed by atoms with van der Waals surface area (Å²) in [5.74, 6) is 0.249. The standard InChI is InChI=1S/C11H13N3O3/c12-6-1-2-7-17-11-5-3-4-10(14(15)16)9(11)8-13/h3-5H,1-2,6-7,12H2. The van der Waals surface area contributed by atoms with Gasteiger partial charge in [-0.15, -0.1) is 0 Å². The lowest BCUT2D eigenvalue weighted by Crippen LogP contribution is -2.04. The number of ether oxygens (including phenoxy) is 1. The largest absolute Gasteiger partial charge is 0.492 e. The molecule has 0 amide bonds. The van der Waals surface area contributed by atoms with E-state index in [1.54, 1.807) is 12.1 Å². The van der Waals surface area contributed by atoms with Gasteiger partial charge in [0.05, 0.1) is 11.5 Å². The zero-order valence-electron chi connectivity index (χ0n) is 9.26. The molecular weight excluding hydrogens is 222 g/mol. The van der Waals surface area contributed by atoms with Crippen molar-refractivity contribution in [1.29, 1.82) is 5.26 Å². The molecule has 1 aromatic rings. The van der Waals surface area contributed by atoms with Crippen molar-refractivity contribution in [2.24, 2.45) is 5.73 Å². The van der Waals surface area contributed by atoms with Gasteiger partial charge in [-0.1, -0.05) is 6.07 Å². The Labute approximate surface area is 98.8 Å². The Balaban J connectivity index is 2.82. The number of nitro groups is 1. The number of hydrogen-bond acceptors (Lipinski definition) is 5. The predicted molar refractivity (Wildman–Crippen MR) is 61.6 cm³/mol. The van der Waals surface area contributed by atoms with E-state index >= 15 is 0 Å². The van der Waals surface area contributed by atoms with E-state index in [4.69, 9.17) is 15.7 Å². The van der Waals surface area contributed by atoms with Gasteiger partial charge in [-0.25, -0.2) is 0 Å². The van der Waals surface area contributed by atoms with E-state index in [1.807, 2.05) is 0 Å². The highest BCUT2D eigenvalue weighted by molar-refractivity contribution is 5.56. The highest BCUT2D eigenvalue weighted by atomic mass is 16.6. The van der Waals surface area contributed by atoms with Crippen molar-refractivity contribution in [2.75, 3.05) is 13.2 Å². The second-order valence-electron chi connectivity index (χ2n) is 3.36. The van der Waals surface area contributed by atoms with Crippen LogP contribution in [0.3, 0.4) is 0 Å². The van der Waals surface area contributed by atoms with Gasteiger partial charge in [-0.2, -0.15) is 5.26 Å². The number of benzene rings is 1. The fourth-order valence-electron chi connectivity index (χ4n) is 1.33. The van der Waals surface area contributed by atoms with Gasteiger partial charge >= 0.3 is 0 Å². The summed E-state index contributed by atoms with van der Waals surface area (Å²) in [6, 6.07) is 6.12. The molecule has 0 spiro atoms. The third-order valence-corrected chi connectivity index (χ3v) is 2.17. The van der Waals surface area contributed by atoms with Crippen LogP contribution in [0.25, 0.3) is 0 Å². The van der Waals surface area contributed by atoms with E-state index in [2.05, 4.69) is 0 Å². The van der Waals surface area contributed by atoms with Crippen LogP contribution < -0.4 is 10.5 Å². The lowest BCUT2D eigenvalue weighted by molar-refractivity contribution is -0.385. The summed E-state index contributed by atoms with van der Waals surface area (Å²) in [4.78, 5) is 10.1. The SMILES string of the molecule is N#Cc1c(OCCCCN)cccc1[N+](=O)[O-]. The Hall–Kier alpha value is -2.13. The van der Waals surface area contributed by atoms with Crippen LogP contribution in [0.4, 0.5) is 5.69 Å². The minimum absolute atomic E-state index is 0.0368. The fourth-order valence-corrected chi connectivity index (χ4v) is 1.33. The molecule has 0 saturated heterocycles. The predicted octanol–water partition coefficient (Wildman–Crippen LogP) is 1.58. The first-order chi connectivity index (χ1) is 8.20. The molecule has 0 aliphatic rings. The maximum atomic E-state index is 10.7. The molecule has 0 aliphatic heterocycles. The molecule has 1 rings (SSSR count). The van der Waals surface area contributed by atoms with Crippen LogP contribution in [0.2, 0.25) is 0 Å². The lowest BCUT2D eigenvalue weighted by atomic mass is 10.2. The molecule has 0 unspecified atom stereocenters. The van der Waals surface area contributed by atoms with Crippen molar-refractivity contribution in [3.8, 4) is 11.8 Å². The first-order valence-corrected chi connectivity index (χ1v) is 5.21. The van der Waals surface area contributed by atoms with Crippen LogP contribution >= 0.6 is 0 Å². The Morgan fingerprint density at radius 1 is 1.47 bits per heavy atom. The number of nitriles is 1. The van der Waals surface area contributed by atoms with Crippen molar-refractivity contribution in [3.05, 3.63) is 33.9 Å². The average Bonchev–Trinajstić information content (AvgIpc) is 2.34. The Kier molecular flexibility index (Phi) is 4.91. The van der Waals surface area contributed by atoms with Crippen LogP contribution in [0.1, 0.15) is 18.4 Å². The number of nitro benzene ring substituents is 1. The van der Waals surface area contributed by atoms with Gasteiger partial charge in [0, 0.05) is 6.07 Å². The zero-order chi connectivity index (χ0) is 12.7. The maximum absolute atomic E-state index is 10.7. The van der Waals surface area contributed by atoms with Crippen molar-refractivity contribution in [3.63, 3.8) is 0 Å². The van der Waals surface area contributed by atoms with E-state index in [1.165, 1.54) is 12.1 Å². The van der Waals surface area contributed by atoms with Crippen LogP contribution in [0.15, 0.2) is 18.2 Å². The van der Waals surface area contributed by atoms with Gasteiger partial charge in [0.25, 0.3) is 5.69 Å². The first-order valence-electron chi connectivity index (χ1n) is 5.21.